The van der Waals surface area contributed by atoms with Gasteiger partial charge in [0.25, 0.3) is 5.91 Å². The molecule has 26 heavy (non-hydrogen) atoms. The molecular weight excluding hydrogens is 352 g/mol. The Balaban J connectivity index is 1.68. The topological polar surface area (TPSA) is 83.8 Å². The molecule has 0 radical (unpaired) electrons. The third kappa shape index (κ3) is 3.07. The van der Waals surface area contributed by atoms with E-state index in [1.165, 1.54) is 0 Å². The van der Waals surface area contributed by atoms with Crippen molar-refractivity contribution in [2.75, 3.05) is 5.32 Å². The lowest BCUT2D eigenvalue weighted by Gasteiger charge is -2.07. The van der Waals surface area contributed by atoms with E-state index in [4.69, 9.17) is 16.0 Å². The maximum absolute atomic E-state index is 12.3. The summed E-state index contributed by atoms with van der Waals surface area (Å²) in [4.78, 5) is 24.3. The molecule has 0 fully saturated rings. The lowest BCUT2D eigenvalue weighted by Crippen LogP contribution is -2.10. The normalized spacial score (nSPS) is 11.0. The van der Waals surface area contributed by atoms with E-state index in [-0.39, 0.29) is 11.7 Å². The molecule has 0 unspecified atom stereocenters. The third-order valence-electron chi connectivity index (χ3n) is 3.92. The first-order valence-corrected chi connectivity index (χ1v) is 8.37. The number of rotatable bonds is 3. The number of imidazole rings is 1. The molecule has 1 amide bonds. The van der Waals surface area contributed by atoms with E-state index < -0.39 is 0 Å². The summed E-state index contributed by atoms with van der Waals surface area (Å²) >= 11 is 6.33. The number of nitrogens with one attached hydrogen (secondary N) is 2. The average molecular weight is 367 g/mol. The number of H-pyrrole nitrogens is 1. The zero-order valence-corrected chi connectivity index (χ0v) is 14.9. The smallest absolute Gasteiger partial charge is 0.291 e. The van der Waals surface area contributed by atoms with E-state index in [1.54, 1.807) is 43.5 Å². The monoisotopic (exact) mass is 366 g/mol. The highest BCUT2D eigenvalue weighted by atomic mass is 35.5. The van der Waals surface area contributed by atoms with Crippen LogP contribution < -0.4 is 5.32 Å². The maximum atomic E-state index is 12.3. The van der Waals surface area contributed by atoms with Crippen molar-refractivity contribution >= 4 is 34.4 Å². The van der Waals surface area contributed by atoms with Gasteiger partial charge in [-0.15, -0.1) is 0 Å². The molecule has 0 aliphatic rings. The molecule has 3 aromatic heterocycles. The van der Waals surface area contributed by atoms with Gasteiger partial charge in [0.1, 0.15) is 11.6 Å². The minimum Gasteiger partial charge on any atom is -0.456 e. The van der Waals surface area contributed by atoms with Crippen molar-refractivity contribution in [3.8, 4) is 11.4 Å². The van der Waals surface area contributed by atoms with Gasteiger partial charge in [-0.3, -0.25) is 4.79 Å². The van der Waals surface area contributed by atoms with Gasteiger partial charge in [-0.1, -0.05) is 11.6 Å². The molecule has 1 aromatic carbocycles. The molecule has 7 heteroatoms. The summed E-state index contributed by atoms with van der Waals surface area (Å²) < 4.78 is 5.34. The Morgan fingerprint density at radius 1 is 1.19 bits per heavy atom. The molecule has 2 N–H and O–H groups in total. The second kappa shape index (κ2) is 6.31. The number of carbonyl (C=O) groups excluding carboxylic acids is 1. The van der Waals surface area contributed by atoms with Crippen LogP contribution in [-0.4, -0.2) is 20.9 Å². The van der Waals surface area contributed by atoms with Gasteiger partial charge in [0.15, 0.2) is 11.4 Å². The van der Waals surface area contributed by atoms with Crippen LogP contribution in [0, 0.1) is 13.8 Å². The molecule has 3 heterocycles. The summed E-state index contributed by atoms with van der Waals surface area (Å²) in [5.41, 5.74) is 3.75. The third-order valence-corrected chi connectivity index (χ3v) is 4.25. The number of hydrogen-bond acceptors (Lipinski definition) is 4. The molecule has 0 saturated carbocycles. The van der Waals surface area contributed by atoms with E-state index in [9.17, 15) is 4.79 Å². The van der Waals surface area contributed by atoms with Gasteiger partial charge in [0.2, 0.25) is 0 Å². The molecular formula is C19H15ClN4O2. The van der Waals surface area contributed by atoms with Gasteiger partial charge < -0.3 is 14.7 Å². The molecule has 0 aliphatic carbocycles. The van der Waals surface area contributed by atoms with Crippen molar-refractivity contribution in [3.63, 3.8) is 0 Å². The van der Waals surface area contributed by atoms with Crippen molar-refractivity contribution in [1.29, 1.82) is 0 Å². The van der Waals surface area contributed by atoms with Crippen LogP contribution in [0.25, 0.3) is 22.6 Å². The van der Waals surface area contributed by atoms with Crippen LogP contribution >= 0.6 is 11.6 Å². The quantitative estimate of drug-likeness (QED) is 0.548. The van der Waals surface area contributed by atoms with E-state index in [0.29, 0.717) is 33.5 Å². The van der Waals surface area contributed by atoms with Gasteiger partial charge in [-0.2, -0.15) is 0 Å². The Bertz CT molecular complexity index is 1130. The van der Waals surface area contributed by atoms with Gasteiger partial charge in [0.05, 0.1) is 10.5 Å². The Morgan fingerprint density at radius 3 is 2.81 bits per heavy atom. The minimum atomic E-state index is -0.326. The Labute approximate surface area is 154 Å². The maximum Gasteiger partial charge on any atom is 0.291 e. The lowest BCUT2D eigenvalue weighted by molar-refractivity contribution is 0.0995. The number of nitrogens with zero attached hydrogens (tertiary/aromatic N) is 2. The summed E-state index contributed by atoms with van der Waals surface area (Å²) in [6, 6.07) is 10.6. The Kier molecular flexibility index (Phi) is 3.97. The highest BCUT2D eigenvalue weighted by Crippen LogP contribution is 2.30. The minimum absolute atomic E-state index is 0.252. The van der Waals surface area contributed by atoms with Crippen LogP contribution in [0.2, 0.25) is 5.02 Å². The highest BCUT2D eigenvalue weighted by molar-refractivity contribution is 6.33. The van der Waals surface area contributed by atoms with Crippen LogP contribution in [-0.2, 0) is 0 Å². The van der Waals surface area contributed by atoms with Crippen molar-refractivity contribution in [1.82, 2.24) is 15.0 Å². The number of amides is 1. The van der Waals surface area contributed by atoms with Gasteiger partial charge in [0, 0.05) is 17.4 Å². The number of fused-ring (bicyclic) bond motifs is 1. The van der Waals surface area contributed by atoms with E-state index in [0.717, 1.165) is 11.1 Å². The fraction of sp³-hybridized carbons (Fsp3) is 0.105. The van der Waals surface area contributed by atoms with Crippen LogP contribution in [0.1, 0.15) is 21.9 Å². The number of anilines is 1. The van der Waals surface area contributed by atoms with Crippen LogP contribution in [0.5, 0.6) is 0 Å². The number of aryl methyl sites for hydroxylation is 2. The number of aromatic amines is 1. The second-order valence-electron chi connectivity index (χ2n) is 6.03. The number of halogens is 1. The fourth-order valence-corrected chi connectivity index (χ4v) is 2.87. The van der Waals surface area contributed by atoms with Crippen molar-refractivity contribution < 1.29 is 9.21 Å². The Hall–Kier alpha value is -3.12. The molecule has 6 nitrogen and oxygen atoms in total. The fourth-order valence-electron chi connectivity index (χ4n) is 2.67. The SMILES string of the molecule is Cc1cnc2nc(-c3cc(NC(=O)c4ccc(C)o4)ccc3Cl)[nH]c2c1. The first-order valence-electron chi connectivity index (χ1n) is 8.00. The molecule has 0 aliphatic heterocycles. The number of furan rings is 1. The first kappa shape index (κ1) is 16.4. The zero-order valence-electron chi connectivity index (χ0n) is 14.1. The standard InChI is InChI=1S/C19H15ClN4O2/c1-10-7-15-18(21-9-10)24-17(23-15)13-8-12(4-5-14(13)20)22-19(25)16-6-3-11(2)26-16/h3-9H,1-2H3,(H,22,25)(H,21,23,24). The van der Waals surface area contributed by atoms with Crippen molar-refractivity contribution in [2.24, 2.45) is 0 Å². The van der Waals surface area contributed by atoms with Crippen LogP contribution in [0.15, 0.2) is 47.0 Å². The van der Waals surface area contributed by atoms with Gasteiger partial charge >= 0.3 is 0 Å². The molecule has 130 valence electrons. The number of hydrogen-bond donors (Lipinski definition) is 2. The number of benzene rings is 1. The summed E-state index contributed by atoms with van der Waals surface area (Å²) in [5.74, 6) is 1.20. The number of pyridine rings is 1. The molecule has 4 aromatic rings. The van der Waals surface area contributed by atoms with E-state index in [2.05, 4.69) is 20.3 Å². The molecule has 0 spiro atoms. The highest BCUT2D eigenvalue weighted by Gasteiger charge is 2.14. The predicted molar refractivity (Wildman–Crippen MR) is 100 cm³/mol. The summed E-state index contributed by atoms with van der Waals surface area (Å²) in [6.45, 7) is 3.75. The van der Waals surface area contributed by atoms with Crippen molar-refractivity contribution in [2.45, 2.75) is 13.8 Å². The lowest BCUT2D eigenvalue weighted by atomic mass is 10.2. The molecule has 0 atom stereocenters. The van der Waals surface area contributed by atoms with Crippen LogP contribution in [0.3, 0.4) is 0 Å². The molecule has 0 saturated heterocycles. The largest absolute Gasteiger partial charge is 0.456 e. The summed E-state index contributed by atoms with van der Waals surface area (Å²) in [7, 11) is 0. The molecule has 0 bridgehead atoms. The first-order chi connectivity index (χ1) is 12.5. The number of aromatic nitrogens is 3. The van der Waals surface area contributed by atoms with Gasteiger partial charge in [-0.25, -0.2) is 9.97 Å². The van der Waals surface area contributed by atoms with Crippen molar-refractivity contribution in [3.05, 3.63) is 64.7 Å². The summed E-state index contributed by atoms with van der Waals surface area (Å²) in [5, 5.41) is 3.32. The van der Waals surface area contributed by atoms with Gasteiger partial charge in [-0.05, 0) is 55.8 Å². The number of carbonyl (C=O) groups is 1. The van der Waals surface area contributed by atoms with Crippen LogP contribution in [0.4, 0.5) is 5.69 Å². The molecule has 4 rings (SSSR count). The van der Waals surface area contributed by atoms with E-state index in [1.807, 2.05) is 13.0 Å². The average Bonchev–Trinajstić information content (AvgIpc) is 3.22. The zero-order chi connectivity index (χ0) is 18.3. The summed E-state index contributed by atoms with van der Waals surface area (Å²) in [6.07, 6.45) is 1.76. The Morgan fingerprint density at radius 2 is 2.04 bits per heavy atom. The van der Waals surface area contributed by atoms with E-state index >= 15 is 0 Å². The predicted octanol–water partition coefficient (Wildman–Crippen LogP) is 4.74. The second-order valence-corrected chi connectivity index (χ2v) is 6.44.